The molecule has 0 radical (unpaired) electrons. The molecule has 0 spiro atoms. The molecule has 8 nitrogen and oxygen atoms in total. The summed E-state index contributed by atoms with van der Waals surface area (Å²) in [7, 11) is 0. The number of hydrogen-bond donors (Lipinski definition) is 2. The molecule has 4 N–H and O–H groups in total. The minimum Gasteiger partial charge on any atom is -0.416 e. The highest BCUT2D eigenvalue weighted by Gasteiger charge is 2.30. The fourth-order valence-corrected chi connectivity index (χ4v) is 4.95. The normalized spacial score (nSPS) is 15.9. The Balaban J connectivity index is 1.52. The summed E-state index contributed by atoms with van der Waals surface area (Å²) < 4.78 is 5.89. The first-order valence-corrected chi connectivity index (χ1v) is 12.9. The van der Waals surface area contributed by atoms with Crippen molar-refractivity contribution in [2.24, 2.45) is 5.84 Å². The second-order valence-electron chi connectivity index (χ2n) is 9.81. The van der Waals surface area contributed by atoms with Crippen molar-refractivity contribution in [3.63, 3.8) is 0 Å². The molecule has 0 amide bonds. The Bertz CT molecular complexity index is 1230. The standard InChI is InChI=1S/C26H33Cl2N7O/c1-5-26(3,4)34-11-9-18(10-12-34)35(30)15-16(2)17-13-19(23(29)31-14-17)24-32-33-25(36-24)22-20(27)7-6-8-21(22)28/h6-8,13-15,18H,5,9-12,30H2,1-4H3,(H2,29,31)/b16-15+. The number of aromatic nitrogens is 3. The Morgan fingerprint density at radius 3 is 2.47 bits per heavy atom. The van der Waals surface area contributed by atoms with E-state index in [1.54, 1.807) is 24.4 Å². The molecule has 2 aromatic heterocycles. The molecule has 1 saturated heterocycles. The van der Waals surface area contributed by atoms with Gasteiger partial charge in [-0.2, -0.15) is 0 Å². The predicted octanol–water partition coefficient (Wildman–Crippen LogP) is 5.88. The first-order valence-electron chi connectivity index (χ1n) is 12.1. The lowest BCUT2D eigenvalue weighted by atomic mass is 9.94. The van der Waals surface area contributed by atoms with Gasteiger partial charge in [0.1, 0.15) is 5.82 Å². The van der Waals surface area contributed by atoms with Gasteiger partial charge >= 0.3 is 0 Å². The third-order valence-corrected chi connectivity index (χ3v) is 7.79. The van der Waals surface area contributed by atoms with E-state index in [0.717, 1.165) is 43.5 Å². The average molecular weight is 531 g/mol. The van der Waals surface area contributed by atoms with Crippen LogP contribution in [0.4, 0.5) is 5.82 Å². The Morgan fingerprint density at radius 2 is 1.83 bits per heavy atom. The summed E-state index contributed by atoms with van der Waals surface area (Å²) in [6.07, 6.45) is 6.84. The predicted molar refractivity (Wildman–Crippen MR) is 146 cm³/mol. The molecule has 1 aliphatic rings. The maximum Gasteiger partial charge on any atom is 0.251 e. The summed E-state index contributed by atoms with van der Waals surface area (Å²) in [5.41, 5.74) is 9.19. The largest absolute Gasteiger partial charge is 0.416 e. The monoisotopic (exact) mass is 529 g/mol. The van der Waals surface area contributed by atoms with Gasteiger partial charge in [-0.15, -0.1) is 10.2 Å². The number of halogens is 2. The van der Waals surface area contributed by atoms with Gasteiger partial charge in [0.2, 0.25) is 0 Å². The lowest BCUT2D eigenvalue weighted by Crippen LogP contribution is -2.52. The van der Waals surface area contributed by atoms with E-state index >= 15 is 0 Å². The van der Waals surface area contributed by atoms with Gasteiger partial charge in [0, 0.05) is 37.1 Å². The maximum absolute atomic E-state index is 6.48. The summed E-state index contributed by atoms with van der Waals surface area (Å²) >= 11 is 12.6. The number of nitrogens with two attached hydrogens (primary N) is 2. The molecule has 1 aromatic carbocycles. The fraction of sp³-hybridized carbons (Fsp3) is 0.423. The van der Waals surface area contributed by atoms with Crippen molar-refractivity contribution in [1.29, 1.82) is 0 Å². The molecule has 3 heterocycles. The molecule has 0 unspecified atom stereocenters. The van der Waals surface area contributed by atoms with Gasteiger partial charge in [-0.3, -0.25) is 4.90 Å². The van der Waals surface area contributed by atoms with Crippen LogP contribution in [0.1, 0.15) is 52.5 Å². The van der Waals surface area contributed by atoms with E-state index in [1.807, 2.05) is 24.2 Å². The van der Waals surface area contributed by atoms with E-state index in [1.165, 1.54) is 0 Å². The van der Waals surface area contributed by atoms with Crippen molar-refractivity contribution in [3.8, 4) is 22.9 Å². The van der Waals surface area contributed by atoms with Crippen LogP contribution in [0.3, 0.4) is 0 Å². The van der Waals surface area contributed by atoms with E-state index < -0.39 is 0 Å². The first kappa shape index (κ1) is 26.4. The van der Waals surface area contributed by atoms with Crippen LogP contribution in [0, 0.1) is 0 Å². The number of nitrogen functional groups attached to an aromatic ring is 1. The zero-order valence-corrected chi connectivity index (χ0v) is 22.6. The van der Waals surface area contributed by atoms with Crippen molar-refractivity contribution in [1.82, 2.24) is 25.1 Å². The van der Waals surface area contributed by atoms with Crippen LogP contribution in [0.15, 0.2) is 41.1 Å². The van der Waals surface area contributed by atoms with Gasteiger partial charge in [0.25, 0.3) is 11.8 Å². The number of nitrogens with zero attached hydrogens (tertiary/aromatic N) is 5. The molecule has 1 fully saturated rings. The molecule has 36 heavy (non-hydrogen) atoms. The van der Waals surface area contributed by atoms with E-state index in [0.29, 0.717) is 21.2 Å². The third kappa shape index (κ3) is 5.52. The van der Waals surface area contributed by atoms with Gasteiger partial charge in [0.05, 0.1) is 21.2 Å². The Kier molecular flexibility index (Phi) is 7.90. The lowest BCUT2D eigenvalue weighted by molar-refractivity contribution is 0.0589. The summed E-state index contributed by atoms with van der Waals surface area (Å²) in [5, 5.41) is 10.9. The highest BCUT2D eigenvalue weighted by Crippen LogP contribution is 2.36. The van der Waals surface area contributed by atoms with Crippen LogP contribution < -0.4 is 11.6 Å². The van der Waals surface area contributed by atoms with Gasteiger partial charge in [0.15, 0.2) is 0 Å². The SMILES string of the molecule is CCC(C)(C)N1CCC(N(N)/C=C(\C)c2cnc(N)c(-c3nnc(-c4c(Cl)cccc4Cl)o3)c2)CC1. The van der Waals surface area contributed by atoms with E-state index in [4.69, 9.17) is 39.2 Å². The molecule has 0 aliphatic carbocycles. The molecule has 0 bridgehead atoms. The first-order chi connectivity index (χ1) is 17.1. The van der Waals surface area contributed by atoms with Crippen LogP contribution in [0.5, 0.6) is 0 Å². The minimum atomic E-state index is 0.211. The lowest BCUT2D eigenvalue weighted by Gasteiger charge is -2.44. The molecule has 4 rings (SSSR count). The molecule has 1 aliphatic heterocycles. The van der Waals surface area contributed by atoms with Crippen molar-refractivity contribution in [3.05, 3.63) is 52.3 Å². The molecule has 10 heteroatoms. The smallest absolute Gasteiger partial charge is 0.251 e. The minimum absolute atomic E-state index is 0.211. The third-order valence-electron chi connectivity index (χ3n) is 7.16. The number of likely N-dealkylation sites (tertiary alicyclic amines) is 1. The van der Waals surface area contributed by atoms with Crippen LogP contribution >= 0.6 is 23.2 Å². The molecule has 192 valence electrons. The second-order valence-corrected chi connectivity index (χ2v) is 10.6. The van der Waals surface area contributed by atoms with Gasteiger partial charge in [-0.05, 0) is 69.4 Å². The molecule has 0 saturated carbocycles. The number of anilines is 1. The molecule has 0 atom stereocenters. The zero-order valence-electron chi connectivity index (χ0n) is 21.1. The van der Waals surface area contributed by atoms with Crippen LogP contribution in [0.25, 0.3) is 28.5 Å². The second kappa shape index (κ2) is 10.8. The number of benzene rings is 1. The number of hydrazine groups is 1. The number of rotatable bonds is 7. The summed E-state index contributed by atoms with van der Waals surface area (Å²) in [5.74, 6) is 7.20. The highest BCUT2D eigenvalue weighted by molar-refractivity contribution is 6.38. The number of piperidine rings is 1. The number of allylic oxidation sites excluding steroid dienone is 1. The van der Waals surface area contributed by atoms with E-state index in [-0.39, 0.29) is 29.2 Å². The van der Waals surface area contributed by atoms with Gasteiger partial charge in [-0.25, -0.2) is 10.8 Å². The highest BCUT2D eigenvalue weighted by atomic mass is 35.5. The van der Waals surface area contributed by atoms with Crippen LogP contribution in [-0.4, -0.2) is 49.8 Å². The maximum atomic E-state index is 6.48. The molecular weight excluding hydrogens is 497 g/mol. The summed E-state index contributed by atoms with van der Waals surface area (Å²) in [4.78, 5) is 6.90. The van der Waals surface area contributed by atoms with Crippen LogP contribution in [-0.2, 0) is 0 Å². The molecular formula is C26H33Cl2N7O. The quantitative estimate of drug-likeness (QED) is 0.288. The summed E-state index contributed by atoms with van der Waals surface area (Å²) in [6.45, 7) is 10.9. The van der Waals surface area contributed by atoms with Crippen molar-refractivity contribution >= 4 is 34.6 Å². The average Bonchev–Trinajstić information content (AvgIpc) is 3.33. The fourth-order valence-electron chi connectivity index (χ4n) is 4.39. The molecule has 3 aromatic rings. The number of pyridine rings is 1. The van der Waals surface area contributed by atoms with Crippen molar-refractivity contribution < 1.29 is 4.42 Å². The van der Waals surface area contributed by atoms with Crippen molar-refractivity contribution in [2.75, 3.05) is 18.8 Å². The Hall–Kier alpha value is -2.65. The summed E-state index contributed by atoms with van der Waals surface area (Å²) in [6, 6.07) is 7.33. The van der Waals surface area contributed by atoms with E-state index in [2.05, 4.69) is 40.9 Å². The van der Waals surface area contributed by atoms with Gasteiger partial charge < -0.3 is 15.2 Å². The number of hydrogen-bond acceptors (Lipinski definition) is 8. The zero-order chi connectivity index (χ0) is 26.0. The van der Waals surface area contributed by atoms with Crippen LogP contribution in [0.2, 0.25) is 10.0 Å². The van der Waals surface area contributed by atoms with E-state index in [9.17, 15) is 0 Å². The Morgan fingerprint density at radius 1 is 1.19 bits per heavy atom. The topological polar surface area (TPSA) is 110 Å². The van der Waals surface area contributed by atoms with Crippen molar-refractivity contribution in [2.45, 2.75) is 58.5 Å². The van der Waals surface area contributed by atoms with Gasteiger partial charge in [-0.1, -0.05) is 36.2 Å². The Labute approximate surface area is 222 Å².